The third kappa shape index (κ3) is 3.63. The highest BCUT2D eigenvalue weighted by atomic mass is 32.1. The first-order chi connectivity index (χ1) is 13.1. The zero-order valence-electron chi connectivity index (χ0n) is 14.3. The van der Waals surface area contributed by atoms with Gasteiger partial charge in [-0.3, -0.25) is 9.59 Å². The summed E-state index contributed by atoms with van der Waals surface area (Å²) >= 11 is 2.96. The third-order valence-electron chi connectivity index (χ3n) is 4.44. The van der Waals surface area contributed by atoms with E-state index >= 15 is 0 Å². The van der Waals surface area contributed by atoms with E-state index in [9.17, 15) is 14.0 Å². The minimum absolute atomic E-state index is 0.0696. The number of carbonyl (C=O) groups is 2. The van der Waals surface area contributed by atoms with Crippen LogP contribution < -0.4 is 0 Å². The fraction of sp³-hybridized carbons (Fsp3) is 0.211. The average Bonchev–Trinajstić information content (AvgIpc) is 3.39. The molecule has 0 radical (unpaired) electrons. The Bertz CT molecular complexity index is 963. The van der Waals surface area contributed by atoms with Crippen LogP contribution >= 0.6 is 22.7 Å². The SMILES string of the molecule is O=C(c1cnc(-c2ccsc2)s1)N1CCN(C(=O)c2ccccc2F)CC1. The van der Waals surface area contributed by atoms with E-state index in [1.807, 2.05) is 16.8 Å². The summed E-state index contributed by atoms with van der Waals surface area (Å²) in [5, 5.41) is 4.80. The first-order valence-electron chi connectivity index (χ1n) is 8.45. The van der Waals surface area contributed by atoms with E-state index in [1.54, 1.807) is 39.5 Å². The lowest BCUT2D eigenvalue weighted by Gasteiger charge is -2.34. The predicted octanol–water partition coefficient (Wildman–Crippen LogP) is 3.61. The summed E-state index contributed by atoms with van der Waals surface area (Å²) in [7, 11) is 0. The van der Waals surface area contributed by atoms with Gasteiger partial charge < -0.3 is 9.80 Å². The van der Waals surface area contributed by atoms with Crippen molar-refractivity contribution in [3.63, 3.8) is 0 Å². The molecule has 0 aliphatic carbocycles. The van der Waals surface area contributed by atoms with Crippen molar-refractivity contribution in [2.45, 2.75) is 0 Å². The predicted molar refractivity (Wildman–Crippen MR) is 104 cm³/mol. The third-order valence-corrected chi connectivity index (χ3v) is 6.16. The van der Waals surface area contributed by atoms with Crippen LogP contribution in [0.4, 0.5) is 4.39 Å². The van der Waals surface area contributed by atoms with E-state index in [-0.39, 0.29) is 17.4 Å². The van der Waals surface area contributed by atoms with Gasteiger partial charge in [0, 0.05) is 37.1 Å². The minimum atomic E-state index is -0.522. The van der Waals surface area contributed by atoms with Gasteiger partial charge in [-0.15, -0.1) is 11.3 Å². The Morgan fingerprint density at radius 2 is 1.70 bits per heavy atom. The van der Waals surface area contributed by atoms with E-state index < -0.39 is 5.82 Å². The summed E-state index contributed by atoms with van der Waals surface area (Å²) < 4.78 is 13.8. The van der Waals surface area contributed by atoms with Crippen LogP contribution in [0.5, 0.6) is 0 Å². The largest absolute Gasteiger partial charge is 0.335 e. The van der Waals surface area contributed by atoms with Gasteiger partial charge in [-0.05, 0) is 23.6 Å². The van der Waals surface area contributed by atoms with E-state index in [4.69, 9.17) is 0 Å². The number of carbonyl (C=O) groups excluding carboxylic acids is 2. The molecule has 0 spiro atoms. The Kier molecular flexibility index (Phi) is 5.00. The van der Waals surface area contributed by atoms with Crippen molar-refractivity contribution in [1.29, 1.82) is 0 Å². The molecule has 5 nitrogen and oxygen atoms in total. The molecule has 1 aromatic carbocycles. The molecule has 0 bridgehead atoms. The second-order valence-corrected chi connectivity index (χ2v) is 7.92. The van der Waals surface area contributed by atoms with Crippen molar-refractivity contribution < 1.29 is 14.0 Å². The standard InChI is InChI=1S/C19H16FN3O2S2/c20-15-4-2-1-3-14(15)18(24)22-6-8-23(9-7-22)19(25)16-11-21-17(27-16)13-5-10-26-12-13/h1-5,10-12H,6-9H2. The molecule has 1 aliphatic rings. The molecular formula is C19H16FN3O2S2. The van der Waals surface area contributed by atoms with Crippen LogP contribution in [-0.4, -0.2) is 52.8 Å². The van der Waals surface area contributed by atoms with Crippen LogP contribution in [0, 0.1) is 5.82 Å². The number of piperazine rings is 1. The number of aromatic nitrogens is 1. The van der Waals surface area contributed by atoms with Crippen molar-refractivity contribution >= 4 is 34.5 Å². The molecule has 2 aromatic heterocycles. The highest BCUT2D eigenvalue weighted by molar-refractivity contribution is 7.17. The molecule has 3 heterocycles. The first-order valence-corrected chi connectivity index (χ1v) is 10.2. The van der Waals surface area contributed by atoms with E-state index in [0.717, 1.165) is 10.6 Å². The topological polar surface area (TPSA) is 53.5 Å². The molecule has 1 saturated heterocycles. The molecule has 0 saturated carbocycles. The maximum Gasteiger partial charge on any atom is 0.265 e. The molecular weight excluding hydrogens is 385 g/mol. The Balaban J connectivity index is 1.40. The average molecular weight is 401 g/mol. The number of hydrogen-bond acceptors (Lipinski definition) is 5. The van der Waals surface area contributed by atoms with Crippen LogP contribution in [0.3, 0.4) is 0 Å². The normalized spacial score (nSPS) is 14.4. The zero-order chi connectivity index (χ0) is 18.8. The van der Waals surface area contributed by atoms with Crippen LogP contribution in [0.1, 0.15) is 20.0 Å². The number of thiazole rings is 1. The van der Waals surface area contributed by atoms with Crippen LogP contribution in [0.15, 0.2) is 47.3 Å². The summed E-state index contributed by atoms with van der Waals surface area (Å²) in [6.45, 7) is 1.61. The summed E-state index contributed by atoms with van der Waals surface area (Å²) in [6.07, 6.45) is 1.61. The van der Waals surface area contributed by atoms with Crippen molar-refractivity contribution in [3.05, 3.63) is 63.5 Å². The fourth-order valence-corrected chi connectivity index (χ4v) is 4.56. The van der Waals surface area contributed by atoms with E-state index in [0.29, 0.717) is 31.1 Å². The lowest BCUT2D eigenvalue weighted by atomic mass is 10.1. The van der Waals surface area contributed by atoms with Gasteiger partial charge in [0.25, 0.3) is 11.8 Å². The maximum absolute atomic E-state index is 13.8. The molecule has 0 N–H and O–H groups in total. The Morgan fingerprint density at radius 1 is 1.00 bits per heavy atom. The smallest absolute Gasteiger partial charge is 0.265 e. The number of nitrogens with zero attached hydrogens (tertiary/aromatic N) is 3. The Hall–Kier alpha value is -2.58. The van der Waals surface area contributed by atoms with Gasteiger partial charge in [0.2, 0.25) is 0 Å². The van der Waals surface area contributed by atoms with Crippen molar-refractivity contribution in [3.8, 4) is 10.6 Å². The number of halogens is 1. The van der Waals surface area contributed by atoms with Crippen molar-refractivity contribution in [2.75, 3.05) is 26.2 Å². The Morgan fingerprint density at radius 3 is 2.37 bits per heavy atom. The molecule has 1 aliphatic heterocycles. The zero-order valence-corrected chi connectivity index (χ0v) is 15.9. The molecule has 4 rings (SSSR count). The highest BCUT2D eigenvalue weighted by Crippen LogP contribution is 2.27. The summed E-state index contributed by atoms with van der Waals surface area (Å²) in [6, 6.07) is 7.94. The first kappa shape index (κ1) is 17.8. The number of hydrogen-bond donors (Lipinski definition) is 0. The molecule has 3 aromatic rings. The van der Waals surface area contributed by atoms with Gasteiger partial charge in [0.05, 0.1) is 11.8 Å². The quantitative estimate of drug-likeness (QED) is 0.674. The van der Waals surface area contributed by atoms with Crippen molar-refractivity contribution in [1.82, 2.24) is 14.8 Å². The number of rotatable bonds is 3. The maximum atomic E-state index is 13.8. The van der Waals surface area contributed by atoms with E-state index in [1.165, 1.54) is 23.5 Å². The van der Waals surface area contributed by atoms with Gasteiger partial charge in [0.1, 0.15) is 15.7 Å². The minimum Gasteiger partial charge on any atom is -0.335 e. The molecule has 138 valence electrons. The highest BCUT2D eigenvalue weighted by Gasteiger charge is 2.27. The second kappa shape index (κ2) is 7.58. The molecule has 8 heteroatoms. The van der Waals surface area contributed by atoms with Crippen molar-refractivity contribution in [2.24, 2.45) is 0 Å². The number of thiophene rings is 1. The number of benzene rings is 1. The lowest BCUT2D eigenvalue weighted by molar-refractivity contribution is 0.0535. The van der Waals surface area contributed by atoms with Crippen LogP contribution in [-0.2, 0) is 0 Å². The molecule has 2 amide bonds. The summed E-state index contributed by atoms with van der Waals surface area (Å²) in [5.74, 6) is -0.934. The van der Waals surface area contributed by atoms with Crippen LogP contribution in [0.2, 0.25) is 0 Å². The lowest BCUT2D eigenvalue weighted by Crippen LogP contribution is -2.50. The summed E-state index contributed by atoms with van der Waals surface area (Å²) in [4.78, 5) is 33.4. The number of amides is 2. The monoisotopic (exact) mass is 401 g/mol. The molecule has 0 atom stereocenters. The van der Waals surface area contributed by atoms with Crippen LogP contribution in [0.25, 0.3) is 10.6 Å². The van der Waals surface area contributed by atoms with Gasteiger partial charge in [-0.25, -0.2) is 9.37 Å². The van der Waals surface area contributed by atoms with Gasteiger partial charge in [-0.1, -0.05) is 12.1 Å². The Labute approximate surface area is 163 Å². The van der Waals surface area contributed by atoms with Gasteiger partial charge in [-0.2, -0.15) is 11.3 Å². The molecule has 27 heavy (non-hydrogen) atoms. The molecule has 0 unspecified atom stereocenters. The molecule has 1 fully saturated rings. The second-order valence-electron chi connectivity index (χ2n) is 6.11. The van der Waals surface area contributed by atoms with E-state index in [2.05, 4.69) is 4.98 Å². The van der Waals surface area contributed by atoms with Gasteiger partial charge in [0.15, 0.2) is 0 Å². The summed E-state index contributed by atoms with van der Waals surface area (Å²) in [5.41, 5.74) is 1.09. The van der Waals surface area contributed by atoms with Gasteiger partial charge >= 0.3 is 0 Å². The fourth-order valence-electron chi connectivity index (χ4n) is 2.97.